The van der Waals surface area contributed by atoms with Gasteiger partial charge in [0.1, 0.15) is 0 Å². The van der Waals surface area contributed by atoms with E-state index in [4.69, 9.17) is 0 Å². The van der Waals surface area contributed by atoms with Gasteiger partial charge in [0.05, 0.1) is 12.3 Å². The van der Waals surface area contributed by atoms with Gasteiger partial charge >= 0.3 is 0 Å². The Kier molecular flexibility index (Phi) is 5.75. The van der Waals surface area contributed by atoms with Crippen LogP contribution in [0.2, 0.25) is 0 Å². The number of hydrogen-bond acceptors (Lipinski definition) is 4. The molecule has 2 aromatic rings. The molecule has 0 bridgehead atoms. The molecule has 1 aliphatic heterocycles. The average Bonchev–Trinajstić information content (AvgIpc) is 3.29. The average molecular weight is 358 g/mol. The lowest BCUT2D eigenvalue weighted by molar-refractivity contribution is -0.131. The lowest BCUT2D eigenvalue weighted by Crippen LogP contribution is -2.39. The van der Waals surface area contributed by atoms with Crippen LogP contribution in [-0.4, -0.2) is 51.7 Å². The monoisotopic (exact) mass is 358 g/mol. The van der Waals surface area contributed by atoms with Gasteiger partial charge in [-0.1, -0.05) is 23.9 Å². The number of benzene rings is 1. The summed E-state index contributed by atoms with van der Waals surface area (Å²) in [5.74, 6) is 0.0734. The van der Waals surface area contributed by atoms with Crippen LogP contribution in [0.5, 0.6) is 0 Å². The summed E-state index contributed by atoms with van der Waals surface area (Å²) in [5, 5.41) is 3.46. The van der Waals surface area contributed by atoms with E-state index in [1.807, 2.05) is 35.9 Å². The summed E-state index contributed by atoms with van der Waals surface area (Å²) in [5.41, 5.74) is 2.19. The highest BCUT2D eigenvalue weighted by Gasteiger charge is 2.18. The maximum absolute atomic E-state index is 12.0. The Morgan fingerprint density at radius 1 is 1.28 bits per heavy atom. The third-order valence-corrected chi connectivity index (χ3v) is 5.08. The predicted molar refractivity (Wildman–Crippen MR) is 97.8 cm³/mol. The summed E-state index contributed by atoms with van der Waals surface area (Å²) in [6.45, 7) is 3.72. The number of hydrogen-bond donors (Lipinski definition) is 1. The minimum Gasteiger partial charge on any atom is -0.346 e. The molecule has 0 radical (unpaired) electrons. The van der Waals surface area contributed by atoms with E-state index in [0.717, 1.165) is 36.8 Å². The van der Waals surface area contributed by atoms with Crippen molar-refractivity contribution in [3.8, 4) is 5.69 Å². The van der Waals surface area contributed by atoms with E-state index < -0.39 is 0 Å². The first-order valence-electron chi connectivity index (χ1n) is 8.41. The zero-order valence-corrected chi connectivity index (χ0v) is 15.1. The van der Waals surface area contributed by atoms with E-state index in [0.29, 0.717) is 0 Å². The molecule has 1 saturated heterocycles. The van der Waals surface area contributed by atoms with Gasteiger partial charge < -0.3 is 10.2 Å². The fourth-order valence-corrected chi connectivity index (χ4v) is 3.61. The number of aryl methyl sites for hydroxylation is 1. The normalized spacial score (nSPS) is 13.9. The lowest BCUT2D eigenvalue weighted by Gasteiger charge is -2.15. The lowest BCUT2D eigenvalue weighted by atomic mass is 10.2. The quantitative estimate of drug-likeness (QED) is 0.802. The van der Waals surface area contributed by atoms with Crippen LogP contribution in [0.4, 0.5) is 0 Å². The van der Waals surface area contributed by atoms with Crippen molar-refractivity contribution in [1.29, 1.82) is 0 Å². The Hall–Kier alpha value is -2.28. The van der Waals surface area contributed by atoms with E-state index >= 15 is 0 Å². The Morgan fingerprint density at radius 3 is 2.84 bits per heavy atom. The molecule has 1 aromatic carbocycles. The summed E-state index contributed by atoms with van der Waals surface area (Å²) >= 11 is 1.36. The second-order valence-electron chi connectivity index (χ2n) is 6.07. The number of likely N-dealkylation sites (tertiary alicyclic amines) is 1. The number of thioether (sulfide) groups is 1. The van der Waals surface area contributed by atoms with Crippen molar-refractivity contribution in [3.05, 3.63) is 42.2 Å². The number of carbonyl (C=O) groups excluding carboxylic acids is 2. The molecule has 1 N–H and O–H groups in total. The highest BCUT2D eigenvalue weighted by atomic mass is 32.2. The van der Waals surface area contributed by atoms with E-state index in [-0.39, 0.29) is 24.1 Å². The molecule has 132 valence electrons. The van der Waals surface area contributed by atoms with Crippen molar-refractivity contribution in [2.24, 2.45) is 0 Å². The van der Waals surface area contributed by atoms with Crippen LogP contribution in [0.15, 0.2) is 41.8 Å². The van der Waals surface area contributed by atoms with Crippen LogP contribution in [-0.2, 0) is 9.59 Å². The Labute approximate surface area is 151 Å². The number of amides is 2. The third kappa shape index (κ3) is 4.63. The van der Waals surface area contributed by atoms with Crippen LogP contribution in [0.25, 0.3) is 5.69 Å². The molecule has 0 spiro atoms. The molecule has 2 heterocycles. The second-order valence-corrected chi connectivity index (χ2v) is 7.01. The van der Waals surface area contributed by atoms with Crippen molar-refractivity contribution >= 4 is 23.6 Å². The first-order valence-corrected chi connectivity index (χ1v) is 9.40. The number of aromatic nitrogens is 2. The molecular formula is C18H22N4O2S. The second kappa shape index (κ2) is 8.20. The smallest absolute Gasteiger partial charge is 0.241 e. The number of carbonyl (C=O) groups is 2. The molecule has 25 heavy (non-hydrogen) atoms. The predicted octanol–water partition coefficient (Wildman–Crippen LogP) is 2.01. The maximum Gasteiger partial charge on any atom is 0.241 e. The van der Waals surface area contributed by atoms with Gasteiger partial charge in [-0.2, -0.15) is 0 Å². The Balaban J connectivity index is 1.51. The molecule has 3 rings (SSSR count). The maximum atomic E-state index is 12.0. The topological polar surface area (TPSA) is 67.2 Å². The molecule has 1 aliphatic rings. The van der Waals surface area contributed by atoms with Gasteiger partial charge in [0.2, 0.25) is 11.8 Å². The minimum absolute atomic E-state index is 0.00268. The van der Waals surface area contributed by atoms with Gasteiger partial charge in [-0.15, -0.1) is 0 Å². The highest BCUT2D eigenvalue weighted by Crippen LogP contribution is 2.20. The van der Waals surface area contributed by atoms with E-state index in [1.54, 1.807) is 11.1 Å². The van der Waals surface area contributed by atoms with Crippen molar-refractivity contribution in [2.75, 3.05) is 25.4 Å². The van der Waals surface area contributed by atoms with Crippen molar-refractivity contribution in [3.63, 3.8) is 0 Å². The molecule has 0 atom stereocenters. The number of nitrogens with one attached hydrogen (secondary N) is 1. The Morgan fingerprint density at radius 2 is 2.08 bits per heavy atom. The van der Waals surface area contributed by atoms with Crippen LogP contribution < -0.4 is 5.32 Å². The molecule has 0 unspecified atom stereocenters. The van der Waals surface area contributed by atoms with Gasteiger partial charge in [-0.25, -0.2) is 4.98 Å². The van der Waals surface area contributed by atoms with E-state index in [2.05, 4.69) is 16.4 Å². The largest absolute Gasteiger partial charge is 0.346 e. The molecule has 1 aromatic heterocycles. The van der Waals surface area contributed by atoms with Crippen LogP contribution >= 0.6 is 11.8 Å². The van der Waals surface area contributed by atoms with Gasteiger partial charge in [-0.3, -0.25) is 14.2 Å². The summed E-state index contributed by atoms with van der Waals surface area (Å²) in [4.78, 5) is 30.1. The standard InChI is InChI=1S/C18H22N4O2S/c1-14-5-4-6-15(11-14)22-10-7-19-18(22)25-13-16(23)20-12-17(24)21-8-2-3-9-21/h4-7,10-11H,2-3,8-9,12-13H2,1H3,(H,20,23). The van der Waals surface area contributed by atoms with Crippen LogP contribution in [0.1, 0.15) is 18.4 Å². The molecule has 0 aliphatic carbocycles. The molecule has 0 saturated carbocycles. The van der Waals surface area contributed by atoms with Crippen molar-refractivity contribution in [2.45, 2.75) is 24.9 Å². The summed E-state index contributed by atoms with van der Waals surface area (Å²) in [7, 11) is 0. The summed E-state index contributed by atoms with van der Waals surface area (Å²) < 4.78 is 1.96. The fraction of sp³-hybridized carbons (Fsp3) is 0.389. The fourth-order valence-electron chi connectivity index (χ4n) is 2.80. The summed E-state index contributed by atoms with van der Waals surface area (Å²) in [6, 6.07) is 8.11. The zero-order chi connectivity index (χ0) is 17.6. The van der Waals surface area contributed by atoms with Gasteiger partial charge in [0.25, 0.3) is 0 Å². The van der Waals surface area contributed by atoms with Crippen molar-refractivity contribution < 1.29 is 9.59 Å². The van der Waals surface area contributed by atoms with E-state index in [9.17, 15) is 9.59 Å². The molecule has 1 fully saturated rings. The van der Waals surface area contributed by atoms with Gasteiger partial charge in [-0.05, 0) is 37.5 Å². The van der Waals surface area contributed by atoms with Crippen LogP contribution in [0.3, 0.4) is 0 Å². The van der Waals surface area contributed by atoms with Crippen molar-refractivity contribution in [1.82, 2.24) is 19.8 Å². The highest BCUT2D eigenvalue weighted by molar-refractivity contribution is 7.99. The van der Waals surface area contributed by atoms with Crippen LogP contribution in [0, 0.1) is 6.92 Å². The van der Waals surface area contributed by atoms with Gasteiger partial charge in [0, 0.05) is 31.2 Å². The number of imidazole rings is 1. The number of rotatable bonds is 6. The molecule has 7 heteroatoms. The molecular weight excluding hydrogens is 336 g/mol. The van der Waals surface area contributed by atoms with E-state index in [1.165, 1.54) is 17.3 Å². The van der Waals surface area contributed by atoms with Gasteiger partial charge in [0.15, 0.2) is 5.16 Å². The Bertz CT molecular complexity index is 753. The SMILES string of the molecule is Cc1cccc(-n2ccnc2SCC(=O)NCC(=O)N2CCCC2)c1. The molecule has 6 nitrogen and oxygen atoms in total. The summed E-state index contributed by atoms with van der Waals surface area (Å²) in [6.07, 6.45) is 5.71. The number of nitrogens with zero attached hydrogens (tertiary/aromatic N) is 3. The zero-order valence-electron chi connectivity index (χ0n) is 14.3. The first kappa shape index (κ1) is 17.5. The molecule has 2 amide bonds. The first-order chi connectivity index (χ1) is 12.1. The minimum atomic E-state index is -0.156. The third-order valence-electron chi connectivity index (χ3n) is 4.11.